The molecule has 1 saturated heterocycles. The second kappa shape index (κ2) is 7.26. The highest BCUT2D eigenvalue weighted by Gasteiger charge is 2.44. The van der Waals surface area contributed by atoms with Crippen molar-refractivity contribution in [3.05, 3.63) is 23.8 Å². The zero-order valence-electron chi connectivity index (χ0n) is 12.5. The first-order valence-corrected chi connectivity index (χ1v) is 7.15. The topological polar surface area (TPSA) is 109 Å². The second-order valence-electron chi connectivity index (χ2n) is 5.15. The Kier molecular flexibility index (Phi) is 5.60. The van der Waals surface area contributed by atoms with Gasteiger partial charge in [-0.3, -0.25) is 0 Å². The van der Waals surface area contributed by atoms with Crippen molar-refractivity contribution in [3.8, 4) is 11.5 Å². The van der Waals surface area contributed by atoms with Crippen molar-refractivity contribution in [2.24, 2.45) is 0 Å². The Hall–Kier alpha value is -1.38. The summed E-state index contributed by atoms with van der Waals surface area (Å²) in [5, 5.41) is 38.6. The molecule has 1 heterocycles. The number of benzene rings is 1. The predicted molar refractivity (Wildman–Crippen MR) is 76.8 cm³/mol. The largest absolute Gasteiger partial charge is 0.493 e. The van der Waals surface area contributed by atoms with Crippen molar-refractivity contribution in [2.45, 2.75) is 44.1 Å². The molecule has 7 heteroatoms. The highest BCUT2D eigenvalue weighted by atomic mass is 16.7. The maximum absolute atomic E-state index is 9.96. The molecule has 5 atom stereocenters. The molecular weight excluding hydrogens is 292 g/mol. The van der Waals surface area contributed by atoms with Crippen molar-refractivity contribution in [3.63, 3.8) is 0 Å². The molecule has 1 aliphatic rings. The minimum absolute atomic E-state index is 0.337. The maximum atomic E-state index is 9.96. The summed E-state index contributed by atoms with van der Waals surface area (Å²) in [7, 11) is 1.49. The number of ether oxygens (including phenoxy) is 3. The van der Waals surface area contributed by atoms with E-state index in [2.05, 4.69) is 0 Å². The average molecular weight is 314 g/mol. The number of methoxy groups -OCH3 is 1. The third-order valence-corrected chi connectivity index (χ3v) is 3.73. The molecule has 4 N–H and O–H groups in total. The van der Waals surface area contributed by atoms with Crippen molar-refractivity contribution >= 4 is 0 Å². The van der Waals surface area contributed by atoms with Gasteiger partial charge in [-0.15, -0.1) is 0 Å². The normalized spacial score (nSPS) is 31.8. The molecule has 1 aromatic carbocycles. The summed E-state index contributed by atoms with van der Waals surface area (Å²) in [6, 6.07) is 5.33. The Balaban J connectivity index is 2.18. The molecule has 0 aromatic heterocycles. The fourth-order valence-corrected chi connectivity index (χ4v) is 2.32. The summed E-state index contributed by atoms with van der Waals surface area (Å²) in [5.41, 5.74) is 1.05. The lowest BCUT2D eigenvalue weighted by Gasteiger charge is -2.39. The van der Waals surface area contributed by atoms with Gasteiger partial charge in [0.1, 0.15) is 24.4 Å². The molecule has 0 saturated carbocycles. The van der Waals surface area contributed by atoms with E-state index in [-0.39, 0.29) is 0 Å². The van der Waals surface area contributed by atoms with E-state index in [1.165, 1.54) is 7.11 Å². The lowest BCUT2D eigenvalue weighted by molar-refractivity contribution is -0.277. The van der Waals surface area contributed by atoms with Gasteiger partial charge in [-0.1, -0.05) is 13.0 Å². The van der Waals surface area contributed by atoms with Gasteiger partial charge in [-0.05, 0) is 24.1 Å². The summed E-state index contributed by atoms with van der Waals surface area (Å²) in [5.74, 6) is 0.806. The third-order valence-electron chi connectivity index (χ3n) is 3.73. The molecule has 22 heavy (non-hydrogen) atoms. The maximum Gasteiger partial charge on any atom is 0.229 e. The molecule has 0 bridgehead atoms. The van der Waals surface area contributed by atoms with Crippen molar-refractivity contribution in [1.29, 1.82) is 0 Å². The van der Waals surface area contributed by atoms with Crippen LogP contribution < -0.4 is 9.47 Å². The first kappa shape index (κ1) is 17.0. The molecule has 124 valence electrons. The summed E-state index contributed by atoms with van der Waals surface area (Å²) >= 11 is 0. The van der Waals surface area contributed by atoms with E-state index in [1.54, 1.807) is 12.1 Å². The summed E-state index contributed by atoms with van der Waals surface area (Å²) in [6.45, 7) is 1.50. The molecule has 1 aliphatic heterocycles. The van der Waals surface area contributed by atoms with Crippen LogP contribution in [0.5, 0.6) is 11.5 Å². The van der Waals surface area contributed by atoms with Crippen LogP contribution in [-0.2, 0) is 11.2 Å². The SMILES string of the molecule is CCc1ccc(OC2O[C@H](CO)[C@@H](O)[C@H](O)[C@H]2O)c(OC)c1. The Morgan fingerprint density at radius 3 is 2.41 bits per heavy atom. The zero-order valence-corrected chi connectivity index (χ0v) is 12.5. The fraction of sp³-hybridized carbons (Fsp3) is 0.600. The van der Waals surface area contributed by atoms with Crippen LogP contribution in [0.2, 0.25) is 0 Å². The predicted octanol–water partition coefficient (Wildman–Crippen LogP) is -0.564. The van der Waals surface area contributed by atoms with E-state index >= 15 is 0 Å². The summed E-state index contributed by atoms with van der Waals surface area (Å²) < 4.78 is 16.1. The molecule has 0 spiro atoms. The van der Waals surface area contributed by atoms with Gasteiger partial charge in [0.05, 0.1) is 13.7 Å². The highest BCUT2D eigenvalue weighted by Crippen LogP contribution is 2.32. The fourth-order valence-electron chi connectivity index (χ4n) is 2.32. The molecule has 0 radical (unpaired) electrons. The Labute approximate surface area is 128 Å². The standard InChI is InChI=1S/C15H22O7/c1-3-8-4-5-9(10(6-8)20-2)21-15-14(19)13(18)12(17)11(7-16)22-15/h4-6,11-19H,3,7H2,1-2H3/t11-,12-,13+,14-,15?/m1/s1. The molecule has 1 aromatic rings. The van der Waals surface area contributed by atoms with Crippen LogP contribution in [0.3, 0.4) is 0 Å². The number of hydrogen-bond donors (Lipinski definition) is 4. The number of aryl methyl sites for hydroxylation is 1. The first-order chi connectivity index (χ1) is 10.5. The minimum atomic E-state index is -1.48. The second-order valence-corrected chi connectivity index (χ2v) is 5.15. The first-order valence-electron chi connectivity index (χ1n) is 7.15. The monoisotopic (exact) mass is 314 g/mol. The Morgan fingerprint density at radius 1 is 1.09 bits per heavy atom. The van der Waals surface area contributed by atoms with Crippen LogP contribution in [0, 0.1) is 0 Å². The number of aliphatic hydroxyl groups excluding tert-OH is 4. The van der Waals surface area contributed by atoms with Gasteiger partial charge in [-0.25, -0.2) is 0 Å². The van der Waals surface area contributed by atoms with Gasteiger partial charge in [0.15, 0.2) is 11.5 Å². The molecule has 1 unspecified atom stereocenters. The van der Waals surface area contributed by atoms with Crippen molar-refractivity contribution < 1.29 is 34.6 Å². The van der Waals surface area contributed by atoms with E-state index in [4.69, 9.17) is 19.3 Å². The van der Waals surface area contributed by atoms with Gasteiger partial charge in [0.2, 0.25) is 6.29 Å². The Bertz CT molecular complexity index is 491. The van der Waals surface area contributed by atoms with Crippen molar-refractivity contribution in [1.82, 2.24) is 0 Å². The molecular formula is C15H22O7. The molecule has 0 aliphatic carbocycles. The van der Waals surface area contributed by atoms with E-state index in [1.807, 2.05) is 13.0 Å². The van der Waals surface area contributed by atoms with Crippen LogP contribution in [0.25, 0.3) is 0 Å². The van der Waals surface area contributed by atoms with E-state index < -0.39 is 37.3 Å². The molecule has 0 amide bonds. The quantitative estimate of drug-likeness (QED) is 0.577. The van der Waals surface area contributed by atoms with Crippen LogP contribution >= 0.6 is 0 Å². The van der Waals surface area contributed by atoms with Crippen LogP contribution in [-0.4, -0.2) is 64.8 Å². The number of aliphatic hydroxyl groups is 4. The van der Waals surface area contributed by atoms with E-state index in [0.717, 1.165) is 12.0 Å². The molecule has 2 rings (SSSR count). The Morgan fingerprint density at radius 2 is 1.82 bits per heavy atom. The summed E-state index contributed by atoms with van der Waals surface area (Å²) in [4.78, 5) is 0. The number of rotatable bonds is 5. The number of hydrogen-bond acceptors (Lipinski definition) is 7. The third kappa shape index (κ3) is 3.34. The van der Waals surface area contributed by atoms with Crippen LogP contribution in [0.4, 0.5) is 0 Å². The van der Waals surface area contributed by atoms with Gasteiger partial charge in [0.25, 0.3) is 0 Å². The lowest BCUT2D eigenvalue weighted by atomic mass is 9.99. The zero-order chi connectivity index (χ0) is 16.3. The summed E-state index contributed by atoms with van der Waals surface area (Å²) in [6.07, 6.45) is -5.74. The van der Waals surface area contributed by atoms with E-state index in [9.17, 15) is 15.3 Å². The smallest absolute Gasteiger partial charge is 0.229 e. The molecule has 1 fully saturated rings. The van der Waals surface area contributed by atoms with Gasteiger partial charge in [-0.2, -0.15) is 0 Å². The average Bonchev–Trinajstić information content (AvgIpc) is 2.55. The van der Waals surface area contributed by atoms with Crippen molar-refractivity contribution in [2.75, 3.05) is 13.7 Å². The van der Waals surface area contributed by atoms with E-state index in [0.29, 0.717) is 11.5 Å². The molecule has 7 nitrogen and oxygen atoms in total. The highest BCUT2D eigenvalue weighted by molar-refractivity contribution is 5.43. The van der Waals surface area contributed by atoms with Gasteiger partial charge >= 0.3 is 0 Å². The van der Waals surface area contributed by atoms with Crippen LogP contribution in [0.15, 0.2) is 18.2 Å². The minimum Gasteiger partial charge on any atom is -0.493 e. The van der Waals surface area contributed by atoms with Crippen LogP contribution in [0.1, 0.15) is 12.5 Å². The van der Waals surface area contributed by atoms with Gasteiger partial charge in [0, 0.05) is 0 Å². The lowest BCUT2D eigenvalue weighted by Crippen LogP contribution is -2.60. The van der Waals surface area contributed by atoms with Gasteiger partial charge < -0.3 is 34.6 Å².